The van der Waals surface area contributed by atoms with Gasteiger partial charge in [0.05, 0.1) is 42.4 Å². The second kappa shape index (κ2) is 9.60. The van der Waals surface area contributed by atoms with Crippen LogP contribution in [0.25, 0.3) is 5.76 Å². The lowest BCUT2D eigenvalue weighted by Crippen LogP contribution is -2.29. The second-order valence-electron chi connectivity index (χ2n) is 7.75. The van der Waals surface area contributed by atoms with E-state index < -0.39 is 28.4 Å². The van der Waals surface area contributed by atoms with Gasteiger partial charge in [-0.1, -0.05) is 18.2 Å². The number of aliphatic hydroxyl groups is 1. The molecular formula is C26H19N3O7. The number of carbonyl (C=O) groups is 2. The molecule has 0 radical (unpaired) electrons. The number of methoxy groups -OCH3 is 2. The molecule has 4 rings (SSSR count). The van der Waals surface area contributed by atoms with E-state index in [0.29, 0.717) is 28.3 Å². The van der Waals surface area contributed by atoms with Crippen molar-refractivity contribution in [3.05, 3.63) is 99.1 Å². The van der Waals surface area contributed by atoms with E-state index >= 15 is 0 Å². The number of aliphatic hydroxyl groups excluding tert-OH is 1. The number of nitrogens with zero attached hydrogens (tertiary/aromatic N) is 3. The number of amides is 1. The molecular weight excluding hydrogens is 466 g/mol. The van der Waals surface area contributed by atoms with E-state index in [0.717, 1.165) is 6.07 Å². The smallest absolute Gasteiger partial charge is 0.300 e. The number of hydrogen-bond acceptors (Lipinski definition) is 8. The maximum Gasteiger partial charge on any atom is 0.300 e. The third-order valence-electron chi connectivity index (χ3n) is 5.77. The first-order valence-corrected chi connectivity index (χ1v) is 10.6. The number of rotatable bonds is 6. The van der Waals surface area contributed by atoms with E-state index in [9.17, 15) is 24.8 Å². The molecule has 180 valence electrons. The van der Waals surface area contributed by atoms with Crippen molar-refractivity contribution in [2.75, 3.05) is 19.1 Å². The van der Waals surface area contributed by atoms with E-state index in [1.165, 1.54) is 61.6 Å². The maximum absolute atomic E-state index is 13.3. The molecule has 1 heterocycles. The predicted octanol–water partition coefficient (Wildman–Crippen LogP) is 4.11. The first kappa shape index (κ1) is 24.0. The van der Waals surface area contributed by atoms with Gasteiger partial charge in [-0.05, 0) is 42.0 Å². The van der Waals surface area contributed by atoms with Crippen molar-refractivity contribution in [3.63, 3.8) is 0 Å². The molecule has 10 nitrogen and oxygen atoms in total. The molecule has 1 saturated heterocycles. The van der Waals surface area contributed by atoms with Crippen LogP contribution in [0.4, 0.5) is 11.4 Å². The molecule has 0 spiro atoms. The van der Waals surface area contributed by atoms with Crippen LogP contribution in [-0.4, -0.2) is 35.9 Å². The minimum absolute atomic E-state index is 0.00695. The molecule has 0 aliphatic carbocycles. The Hall–Kier alpha value is -5.17. The van der Waals surface area contributed by atoms with Gasteiger partial charge in [0.1, 0.15) is 5.76 Å². The van der Waals surface area contributed by atoms with Gasteiger partial charge in [0.2, 0.25) is 0 Å². The molecule has 3 aromatic rings. The topological polar surface area (TPSA) is 143 Å². The van der Waals surface area contributed by atoms with Crippen LogP contribution >= 0.6 is 0 Å². The van der Waals surface area contributed by atoms with E-state index in [-0.39, 0.29) is 16.8 Å². The largest absolute Gasteiger partial charge is 0.507 e. The number of carbonyl (C=O) groups excluding carboxylic acids is 2. The third kappa shape index (κ3) is 4.10. The van der Waals surface area contributed by atoms with Gasteiger partial charge in [-0.15, -0.1) is 0 Å². The van der Waals surface area contributed by atoms with Crippen molar-refractivity contribution >= 4 is 28.8 Å². The monoisotopic (exact) mass is 485 g/mol. The van der Waals surface area contributed by atoms with Gasteiger partial charge in [-0.3, -0.25) is 24.6 Å². The highest BCUT2D eigenvalue weighted by atomic mass is 16.6. The lowest BCUT2D eigenvalue weighted by atomic mass is 9.94. The van der Waals surface area contributed by atoms with Crippen LogP contribution in [0, 0.1) is 21.4 Å². The van der Waals surface area contributed by atoms with Crippen LogP contribution in [0.3, 0.4) is 0 Å². The molecule has 1 aliphatic rings. The Bertz CT molecular complexity index is 1460. The molecule has 1 unspecified atom stereocenters. The molecule has 0 bridgehead atoms. The van der Waals surface area contributed by atoms with Gasteiger partial charge < -0.3 is 14.6 Å². The van der Waals surface area contributed by atoms with Crippen LogP contribution < -0.4 is 14.4 Å². The highest BCUT2D eigenvalue weighted by molar-refractivity contribution is 6.51. The zero-order valence-electron chi connectivity index (χ0n) is 19.2. The summed E-state index contributed by atoms with van der Waals surface area (Å²) in [5.41, 5.74) is 0.555. The maximum atomic E-state index is 13.3. The molecule has 1 amide bonds. The fraction of sp³-hybridized carbons (Fsp3) is 0.115. The summed E-state index contributed by atoms with van der Waals surface area (Å²) in [5, 5.41) is 31.6. The van der Waals surface area contributed by atoms with Crippen molar-refractivity contribution in [3.8, 4) is 17.6 Å². The molecule has 0 saturated carbocycles. The Morgan fingerprint density at radius 2 is 1.72 bits per heavy atom. The molecule has 1 fully saturated rings. The van der Waals surface area contributed by atoms with Crippen LogP contribution in [0.5, 0.6) is 11.5 Å². The zero-order valence-corrected chi connectivity index (χ0v) is 19.2. The van der Waals surface area contributed by atoms with Crippen LogP contribution in [-0.2, 0) is 9.59 Å². The quantitative estimate of drug-likeness (QED) is 0.181. The van der Waals surface area contributed by atoms with Crippen LogP contribution in [0.15, 0.2) is 72.3 Å². The van der Waals surface area contributed by atoms with E-state index in [4.69, 9.17) is 14.7 Å². The minimum Gasteiger partial charge on any atom is -0.507 e. The summed E-state index contributed by atoms with van der Waals surface area (Å²) in [6, 6.07) is 16.9. The number of nitro benzene ring substituents is 1. The van der Waals surface area contributed by atoms with Gasteiger partial charge in [0, 0.05) is 23.4 Å². The average Bonchev–Trinajstić information content (AvgIpc) is 3.17. The summed E-state index contributed by atoms with van der Waals surface area (Å²) < 4.78 is 10.7. The number of ketones is 1. The molecule has 10 heteroatoms. The molecule has 1 N–H and O–H groups in total. The Kier molecular flexibility index (Phi) is 6.39. The van der Waals surface area contributed by atoms with Crippen LogP contribution in [0.2, 0.25) is 0 Å². The normalized spacial score (nSPS) is 16.5. The average molecular weight is 485 g/mol. The number of benzene rings is 3. The number of nitro groups is 1. The van der Waals surface area contributed by atoms with E-state index in [2.05, 4.69) is 0 Å². The first-order valence-electron chi connectivity index (χ1n) is 10.6. The number of nitriles is 1. The molecule has 1 aliphatic heterocycles. The number of Topliss-reactive ketones (excluding diaryl/α,β-unsaturated/α-hetero) is 1. The summed E-state index contributed by atoms with van der Waals surface area (Å²) in [6.45, 7) is 0. The highest BCUT2D eigenvalue weighted by Gasteiger charge is 2.47. The summed E-state index contributed by atoms with van der Waals surface area (Å²) in [5.74, 6) is -1.70. The predicted molar refractivity (Wildman–Crippen MR) is 129 cm³/mol. The Morgan fingerprint density at radius 1 is 1.03 bits per heavy atom. The molecule has 3 aromatic carbocycles. The van der Waals surface area contributed by atoms with Crippen molar-refractivity contribution in [2.45, 2.75) is 6.04 Å². The molecule has 36 heavy (non-hydrogen) atoms. The lowest BCUT2D eigenvalue weighted by Gasteiger charge is -2.26. The molecule has 0 aromatic heterocycles. The number of ether oxygens (including phenoxy) is 2. The van der Waals surface area contributed by atoms with Crippen LogP contribution in [0.1, 0.15) is 22.7 Å². The van der Waals surface area contributed by atoms with Gasteiger partial charge in [-0.2, -0.15) is 5.26 Å². The second-order valence-corrected chi connectivity index (χ2v) is 7.75. The zero-order chi connectivity index (χ0) is 26.0. The van der Waals surface area contributed by atoms with E-state index in [1.54, 1.807) is 18.2 Å². The number of anilines is 1. The van der Waals surface area contributed by atoms with E-state index in [1.807, 2.05) is 6.07 Å². The lowest BCUT2D eigenvalue weighted by molar-refractivity contribution is -0.384. The summed E-state index contributed by atoms with van der Waals surface area (Å²) in [6.07, 6.45) is 0. The van der Waals surface area contributed by atoms with Gasteiger partial charge in [0.25, 0.3) is 17.4 Å². The number of non-ortho nitro benzene ring substituents is 1. The summed E-state index contributed by atoms with van der Waals surface area (Å²) >= 11 is 0. The van der Waals surface area contributed by atoms with Gasteiger partial charge >= 0.3 is 0 Å². The van der Waals surface area contributed by atoms with Crippen molar-refractivity contribution in [1.82, 2.24) is 0 Å². The Labute approximate surface area is 205 Å². The first-order chi connectivity index (χ1) is 17.3. The summed E-state index contributed by atoms with van der Waals surface area (Å²) in [7, 11) is 2.89. The van der Waals surface area contributed by atoms with Gasteiger partial charge in [-0.25, -0.2) is 0 Å². The highest BCUT2D eigenvalue weighted by Crippen LogP contribution is 2.44. The fourth-order valence-electron chi connectivity index (χ4n) is 4.06. The minimum atomic E-state index is -1.10. The Morgan fingerprint density at radius 3 is 2.33 bits per heavy atom. The molecule has 1 atom stereocenters. The van der Waals surface area contributed by atoms with Crippen molar-refractivity contribution in [2.24, 2.45) is 0 Å². The third-order valence-corrected chi connectivity index (χ3v) is 5.77. The SMILES string of the molecule is COc1ccc(C2/C(=C(\O)c3cccc([N+](=O)[O-])c3)C(=O)C(=O)N2c2ccc(C#N)cc2)cc1OC. The fourth-order valence-corrected chi connectivity index (χ4v) is 4.06. The standard InChI is InChI=1S/C26H19N3O7/c1-35-20-11-8-16(13-21(20)36-2)23-22(24(30)17-4-3-5-19(12-17)29(33)34)25(31)26(32)28(23)18-9-6-15(14-27)7-10-18/h3-13,23,30H,1-2H3/b24-22+. The Balaban J connectivity index is 1.97. The number of hydrogen-bond donors (Lipinski definition) is 1. The van der Waals surface area contributed by atoms with Gasteiger partial charge in [0.15, 0.2) is 11.5 Å². The van der Waals surface area contributed by atoms with Crippen molar-refractivity contribution in [1.29, 1.82) is 5.26 Å². The van der Waals surface area contributed by atoms with Crippen molar-refractivity contribution < 1.29 is 29.1 Å². The summed E-state index contributed by atoms with van der Waals surface area (Å²) in [4.78, 5) is 38.3.